The molecule has 1 saturated heterocycles. The number of benzene rings is 4. The minimum atomic E-state index is -0.928. The molecular formula is C30H24ClNO5. The SMILES string of the molecule is CCOc1cc(C2/C(=C(\O)c3cccc4ccccc34)C(=O)C(=O)N2c2cccc(Cl)c2)ccc1OC. The minimum absolute atomic E-state index is 0.0195. The average molecular weight is 514 g/mol. The van der Waals surface area contributed by atoms with Gasteiger partial charge in [-0.2, -0.15) is 0 Å². The number of carbonyl (C=O) groups is 2. The summed E-state index contributed by atoms with van der Waals surface area (Å²) in [5, 5.41) is 13.7. The zero-order chi connectivity index (χ0) is 26.1. The second-order valence-electron chi connectivity index (χ2n) is 8.52. The lowest BCUT2D eigenvalue weighted by molar-refractivity contribution is -0.132. The van der Waals surface area contributed by atoms with Gasteiger partial charge in [0, 0.05) is 16.3 Å². The van der Waals surface area contributed by atoms with Crippen LogP contribution in [0.2, 0.25) is 5.02 Å². The third-order valence-electron chi connectivity index (χ3n) is 6.38. The molecule has 186 valence electrons. The number of aliphatic hydroxyl groups is 1. The number of rotatable bonds is 6. The Morgan fingerprint density at radius 2 is 1.70 bits per heavy atom. The number of hydrogen-bond donors (Lipinski definition) is 1. The highest BCUT2D eigenvalue weighted by atomic mass is 35.5. The lowest BCUT2D eigenvalue weighted by Gasteiger charge is -2.26. The molecule has 1 amide bonds. The van der Waals surface area contributed by atoms with Gasteiger partial charge >= 0.3 is 0 Å². The van der Waals surface area contributed by atoms with Crippen molar-refractivity contribution in [1.82, 2.24) is 0 Å². The van der Waals surface area contributed by atoms with E-state index in [0.717, 1.165) is 10.8 Å². The third-order valence-corrected chi connectivity index (χ3v) is 6.61. The fourth-order valence-corrected chi connectivity index (χ4v) is 4.93. The number of hydrogen-bond acceptors (Lipinski definition) is 5. The van der Waals surface area contributed by atoms with Crippen molar-refractivity contribution in [3.63, 3.8) is 0 Å². The van der Waals surface area contributed by atoms with Gasteiger partial charge in [-0.3, -0.25) is 14.5 Å². The molecular weight excluding hydrogens is 490 g/mol. The number of halogens is 1. The van der Waals surface area contributed by atoms with Crippen molar-refractivity contribution >= 4 is 45.5 Å². The first kappa shape index (κ1) is 24.4. The maximum Gasteiger partial charge on any atom is 0.300 e. The molecule has 37 heavy (non-hydrogen) atoms. The molecule has 0 aromatic heterocycles. The molecule has 1 aliphatic rings. The van der Waals surface area contributed by atoms with Crippen LogP contribution in [0.1, 0.15) is 24.1 Å². The molecule has 1 aliphatic heterocycles. The van der Waals surface area contributed by atoms with Crippen molar-refractivity contribution in [3.05, 3.63) is 107 Å². The first-order valence-corrected chi connectivity index (χ1v) is 12.2. The fraction of sp³-hybridized carbons (Fsp3) is 0.133. The zero-order valence-corrected chi connectivity index (χ0v) is 21.0. The van der Waals surface area contributed by atoms with Crippen LogP contribution in [0, 0.1) is 0 Å². The Morgan fingerprint density at radius 1 is 0.946 bits per heavy atom. The minimum Gasteiger partial charge on any atom is -0.507 e. The lowest BCUT2D eigenvalue weighted by Crippen LogP contribution is -2.29. The summed E-state index contributed by atoms with van der Waals surface area (Å²) in [7, 11) is 1.54. The van der Waals surface area contributed by atoms with Gasteiger partial charge in [0.15, 0.2) is 11.5 Å². The summed E-state index contributed by atoms with van der Waals surface area (Å²) in [5.41, 5.74) is 1.45. The Bertz CT molecular complexity index is 1560. The number of Topliss-reactive ketones (excluding diaryl/α,β-unsaturated/α-hetero) is 1. The van der Waals surface area contributed by atoms with Crippen molar-refractivity contribution in [1.29, 1.82) is 0 Å². The number of ether oxygens (including phenoxy) is 2. The number of ketones is 1. The second-order valence-corrected chi connectivity index (χ2v) is 8.96. The standard InChI is InChI=1S/C30H24ClNO5/c1-3-37-25-16-19(14-15-24(25)36-2)27-26(28(33)23-13-6-9-18-8-4-5-12-22(18)23)29(34)30(35)32(27)21-11-7-10-20(31)17-21/h4-17,27,33H,3H2,1-2H3/b28-26+. The highest BCUT2D eigenvalue weighted by Gasteiger charge is 2.47. The smallest absolute Gasteiger partial charge is 0.300 e. The van der Waals surface area contributed by atoms with Gasteiger partial charge in [-0.1, -0.05) is 66.2 Å². The monoisotopic (exact) mass is 513 g/mol. The number of methoxy groups -OCH3 is 1. The summed E-state index contributed by atoms with van der Waals surface area (Å²) >= 11 is 6.25. The van der Waals surface area contributed by atoms with Crippen LogP contribution in [0.5, 0.6) is 11.5 Å². The summed E-state index contributed by atoms with van der Waals surface area (Å²) in [5.74, 6) is -0.825. The van der Waals surface area contributed by atoms with E-state index >= 15 is 0 Å². The first-order valence-electron chi connectivity index (χ1n) is 11.8. The van der Waals surface area contributed by atoms with E-state index in [2.05, 4.69) is 0 Å². The summed E-state index contributed by atoms with van der Waals surface area (Å²) in [6.07, 6.45) is 0. The van der Waals surface area contributed by atoms with Gasteiger partial charge in [0.1, 0.15) is 5.76 Å². The largest absolute Gasteiger partial charge is 0.507 e. The highest BCUT2D eigenvalue weighted by Crippen LogP contribution is 2.45. The number of anilines is 1. The number of amides is 1. The third kappa shape index (κ3) is 4.30. The van der Waals surface area contributed by atoms with Crippen LogP contribution in [0.3, 0.4) is 0 Å². The molecule has 4 aromatic rings. The number of nitrogens with zero attached hydrogens (tertiary/aromatic N) is 1. The molecule has 5 rings (SSSR count). The van der Waals surface area contributed by atoms with Gasteiger partial charge in [-0.05, 0) is 53.6 Å². The van der Waals surface area contributed by atoms with Gasteiger partial charge in [-0.15, -0.1) is 0 Å². The van der Waals surface area contributed by atoms with Crippen LogP contribution in [0.4, 0.5) is 5.69 Å². The first-order chi connectivity index (χ1) is 17.9. The molecule has 0 aliphatic carbocycles. The molecule has 0 radical (unpaired) electrons. The van der Waals surface area contributed by atoms with E-state index in [1.165, 1.54) is 12.0 Å². The average Bonchev–Trinajstić information content (AvgIpc) is 3.18. The molecule has 1 atom stereocenters. The topological polar surface area (TPSA) is 76.1 Å². The van der Waals surface area contributed by atoms with Gasteiger partial charge in [0.25, 0.3) is 11.7 Å². The summed E-state index contributed by atoms with van der Waals surface area (Å²) in [6, 6.07) is 24.0. The van der Waals surface area contributed by atoms with E-state index in [1.54, 1.807) is 54.6 Å². The maximum absolute atomic E-state index is 13.5. The Hall–Kier alpha value is -4.29. The van der Waals surface area contributed by atoms with Crippen LogP contribution in [-0.4, -0.2) is 30.5 Å². The molecule has 0 spiro atoms. The van der Waals surface area contributed by atoms with Crippen molar-refractivity contribution < 1.29 is 24.2 Å². The van der Waals surface area contributed by atoms with E-state index in [1.807, 2.05) is 37.3 Å². The molecule has 6 nitrogen and oxygen atoms in total. The Kier molecular flexibility index (Phi) is 6.59. The quantitative estimate of drug-likeness (QED) is 0.180. The number of aliphatic hydroxyl groups excluding tert-OH is 1. The van der Waals surface area contributed by atoms with E-state index in [0.29, 0.717) is 39.9 Å². The predicted molar refractivity (Wildman–Crippen MR) is 144 cm³/mol. The highest BCUT2D eigenvalue weighted by molar-refractivity contribution is 6.52. The number of carbonyl (C=O) groups excluding carboxylic acids is 2. The van der Waals surface area contributed by atoms with Crippen LogP contribution in [-0.2, 0) is 9.59 Å². The van der Waals surface area contributed by atoms with Crippen molar-refractivity contribution in [2.24, 2.45) is 0 Å². The summed E-state index contributed by atoms with van der Waals surface area (Å²) < 4.78 is 11.2. The van der Waals surface area contributed by atoms with Crippen LogP contribution < -0.4 is 14.4 Å². The normalized spacial score (nSPS) is 16.8. The van der Waals surface area contributed by atoms with Crippen LogP contribution in [0.15, 0.2) is 90.5 Å². The van der Waals surface area contributed by atoms with Gasteiger partial charge < -0.3 is 14.6 Å². The van der Waals surface area contributed by atoms with E-state index in [-0.39, 0.29) is 11.3 Å². The number of fused-ring (bicyclic) bond motifs is 1. The Morgan fingerprint density at radius 3 is 2.46 bits per heavy atom. The van der Waals surface area contributed by atoms with Crippen molar-refractivity contribution in [2.75, 3.05) is 18.6 Å². The maximum atomic E-state index is 13.5. The van der Waals surface area contributed by atoms with Gasteiger partial charge in [0.05, 0.1) is 25.3 Å². The fourth-order valence-electron chi connectivity index (χ4n) is 4.75. The zero-order valence-electron chi connectivity index (χ0n) is 20.3. The van der Waals surface area contributed by atoms with Crippen molar-refractivity contribution in [2.45, 2.75) is 13.0 Å². The summed E-state index contributed by atoms with van der Waals surface area (Å²) in [6.45, 7) is 2.25. The second kappa shape index (κ2) is 9.99. The molecule has 1 heterocycles. The van der Waals surface area contributed by atoms with Crippen LogP contribution >= 0.6 is 11.6 Å². The van der Waals surface area contributed by atoms with Gasteiger partial charge in [-0.25, -0.2) is 0 Å². The van der Waals surface area contributed by atoms with E-state index in [4.69, 9.17) is 21.1 Å². The predicted octanol–water partition coefficient (Wildman–Crippen LogP) is 6.53. The molecule has 0 bridgehead atoms. The molecule has 1 N–H and O–H groups in total. The lowest BCUT2D eigenvalue weighted by atomic mass is 9.93. The Labute approximate surface area is 219 Å². The van der Waals surface area contributed by atoms with E-state index < -0.39 is 17.7 Å². The molecule has 1 unspecified atom stereocenters. The van der Waals surface area contributed by atoms with E-state index in [9.17, 15) is 14.7 Å². The van der Waals surface area contributed by atoms with Crippen molar-refractivity contribution in [3.8, 4) is 11.5 Å². The molecule has 1 fully saturated rings. The summed E-state index contributed by atoms with van der Waals surface area (Å²) in [4.78, 5) is 28.4. The Balaban J connectivity index is 1.78. The van der Waals surface area contributed by atoms with Crippen LogP contribution in [0.25, 0.3) is 16.5 Å². The molecule has 0 saturated carbocycles. The van der Waals surface area contributed by atoms with Gasteiger partial charge in [0.2, 0.25) is 0 Å². The molecule has 7 heteroatoms. The molecule has 4 aromatic carbocycles.